The minimum atomic E-state index is -4.60. The van der Waals surface area contributed by atoms with E-state index in [1.54, 1.807) is 0 Å². The van der Waals surface area contributed by atoms with Crippen LogP contribution in [0.4, 0.5) is 22.0 Å². The van der Waals surface area contributed by atoms with Crippen LogP contribution < -0.4 is 5.73 Å². The lowest BCUT2D eigenvalue weighted by molar-refractivity contribution is -0.145. The topological polar surface area (TPSA) is 64.3 Å². The number of halogens is 5. The fourth-order valence-electron chi connectivity index (χ4n) is 4.17. The summed E-state index contributed by atoms with van der Waals surface area (Å²) in [4.78, 5) is 9.18. The summed E-state index contributed by atoms with van der Waals surface area (Å²) in [5, 5.41) is 0. The highest BCUT2D eigenvalue weighted by Gasteiger charge is 2.37. The quantitative estimate of drug-likeness (QED) is 0.743. The van der Waals surface area contributed by atoms with Crippen LogP contribution in [0.5, 0.6) is 0 Å². The molecule has 10 heteroatoms. The summed E-state index contributed by atoms with van der Waals surface area (Å²) in [7, 11) is 0. The molecular formula is C20H21F5N4O. The van der Waals surface area contributed by atoms with E-state index in [0.717, 1.165) is 18.2 Å². The summed E-state index contributed by atoms with van der Waals surface area (Å²) >= 11 is 0. The normalized spacial score (nSPS) is 25.6. The molecule has 2 N–H and O–H groups in total. The van der Waals surface area contributed by atoms with Gasteiger partial charge >= 0.3 is 6.18 Å². The molecule has 0 saturated carbocycles. The second-order valence-corrected chi connectivity index (χ2v) is 7.68. The Morgan fingerprint density at radius 3 is 2.77 bits per heavy atom. The van der Waals surface area contributed by atoms with E-state index >= 15 is 0 Å². The molecule has 0 amide bonds. The van der Waals surface area contributed by atoms with E-state index in [0.29, 0.717) is 37.1 Å². The van der Waals surface area contributed by atoms with Crippen molar-refractivity contribution in [2.75, 3.05) is 13.2 Å². The zero-order valence-electron chi connectivity index (χ0n) is 16.0. The molecule has 0 aliphatic carbocycles. The van der Waals surface area contributed by atoms with Gasteiger partial charge in [0.1, 0.15) is 17.7 Å². The summed E-state index contributed by atoms with van der Waals surface area (Å²) in [5.41, 5.74) is 7.42. The molecule has 0 spiro atoms. The number of hydrogen-bond donors (Lipinski definition) is 1. The van der Waals surface area contributed by atoms with Crippen molar-refractivity contribution >= 4 is 0 Å². The molecule has 2 aliphatic rings. The van der Waals surface area contributed by atoms with Gasteiger partial charge in [-0.05, 0) is 43.0 Å². The molecule has 3 atom stereocenters. The van der Waals surface area contributed by atoms with E-state index in [2.05, 4.69) is 9.97 Å². The highest BCUT2D eigenvalue weighted by molar-refractivity contribution is 5.24. The predicted molar refractivity (Wildman–Crippen MR) is 97.2 cm³/mol. The lowest BCUT2D eigenvalue weighted by atomic mass is 9.94. The first kappa shape index (κ1) is 21.1. The first-order valence-corrected chi connectivity index (χ1v) is 9.70. The van der Waals surface area contributed by atoms with Crippen LogP contribution in [0.3, 0.4) is 0 Å². The van der Waals surface area contributed by atoms with Crippen LogP contribution in [0, 0.1) is 11.6 Å². The van der Waals surface area contributed by atoms with Crippen molar-refractivity contribution in [3.05, 3.63) is 58.7 Å². The molecule has 2 aromatic rings. The molecular weight excluding hydrogens is 407 g/mol. The van der Waals surface area contributed by atoms with Crippen molar-refractivity contribution in [2.24, 2.45) is 5.73 Å². The van der Waals surface area contributed by atoms with Crippen molar-refractivity contribution in [2.45, 2.75) is 50.2 Å². The summed E-state index contributed by atoms with van der Waals surface area (Å²) in [5.74, 6) is -2.31. The fraction of sp³-hybridized carbons (Fsp3) is 0.500. The summed E-state index contributed by atoms with van der Waals surface area (Å²) in [6.45, 7) is 1.15. The highest BCUT2D eigenvalue weighted by Crippen LogP contribution is 2.33. The van der Waals surface area contributed by atoms with Gasteiger partial charge in [0.25, 0.3) is 0 Å². The van der Waals surface area contributed by atoms with Crippen LogP contribution in [-0.4, -0.2) is 40.1 Å². The third kappa shape index (κ3) is 4.30. The van der Waals surface area contributed by atoms with Gasteiger partial charge in [-0.15, -0.1) is 0 Å². The summed E-state index contributed by atoms with van der Waals surface area (Å²) in [6.07, 6.45) is -2.60. The molecule has 1 aromatic carbocycles. The maximum Gasteiger partial charge on any atom is 0.451 e. The molecule has 1 saturated heterocycles. The van der Waals surface area contributed by atoms with Crippen LogP contribution in [-0.2, 0) is 23.9 Å². The lowest BCUT2D eigenvalue weighted by Gasteiger charge is -2.35. The first-order chi connectivity index (χ1) is 14.2. The van der Waals surface area contributed by atoms with Crippen LogP contribution in [0.2, 0.25) is 0 Å². The number of alkyl halides is 3. The molecule has 162 valence electrons. The standard InChI is InChI=1S/C20H21F5N4O/c21-12-1-2-15(22)14(7-12)18-16(26)8-13(4-6-30-18)29-5-3-11-9-27-19(20(23,24)25)28-17(11)10-29/h1-2,7,9,13,16,18H,3-6,8,10,26H2/t13?,16-,18+/m0/s1. The van der Waals surface area contributed by atoms with Gasteiger partial charge in [-0.3, -0.25) is 4.90 Å². The van der Waals surface area contributed by atoms with E-state index in [4.69, 9.17) is 10.5 Å². The lowest BCUT2D eigenvalue weighted by Crippen LogP contribution is -2.43. The fourth-order valence-corrected chi connectivity index (χ4v) is 4.17. The molecule has 2 aliphatic heterocycles. The van der Waals surface area contributed by atoms with Crippen LogP contribution in [0.15, 0.2) is 24.4 Å². The van der Waals surface area contributed by atoms with E-state index in [9.17, 15) is 22.0 Å². The minimum Gasteiger partial charge on any atom is -0.372 e. The number of hydrogen-bond acceptors (Lipinski definition) is 5. The number of nitrogens with two attached hydrogens (primary N) is 1. The van der Waals surface area contributed by atoms with Gasteiger partial charge in [-0.2, -0.15) is 13.2 Å². The maximum absolute atomic E-state index is 14.2. The van der Waals surface area contributed by atoms with E-state index in [1.165, 1.54) is 6.20 Å². The molecule has 1 unspecified atom stereocenters. The summed E-state index contributed by atoms with van der Waals surface area (Å²) < 4.78 is 72.4. The second kappa shape index (κ2) is 8.16. The Morgan fingerprint density at radius 2 is 2.00 bits per heavy atom. The molecule has 1 fully saturated rings. The van der Waals surface area contributed by atoms with Gasteiger partial charge in [0, 0.05) is 43.5 Å². The number of aromatic nitrogens is 2. The molecule has 1 aromatic heterocycles. The Kier molecular flexibility index (Phi) is 5.73. The highest BCUT2D eigenvalue weighted by atomic mass is 19.4. The molecule has 5 nitrogen and oxygen atoms in total. The summed E-state index contributed by atoms with van der Waals surface area (Å²) in [6, 6.07) is 2.51. The van der Waals surface area contributed by atoms with E-state index in [1.807, 2.05) is 4.90 Å². The van der Waals surface area contributed by atoms with Crippen molar-refractivity contribution < 1.29 is 26.7 Å². The Bertz CT molecular complexity index is 923. The van der Waals surface area contributed by atoms with Gasteiger partial charge in [0.15, 0.2) is 0 Å². The average molecular weight is 428 g/mol. The predicted octanol–water partition coefficient (Wildman–Crippen LogP) is 3.38. The third-order valence-electron chi connectivity index (χ3n) is 5.69. The number of ether oxygens (including phenoxy) is 1. The molecule has 0 bridgehead atoms. The number of rotatable bonds is 2. The van der Waals surface area contributed by atoms with Gasteiger partial charge in [0.2, 0.25) is 5.82 Å². The van der Waals surface area contributed by atoms with Gasteiger partial charge < -0.3 is 10.5 Å². The largest absolute Gasteiger partial charge is 0.451 e. The number of nitrogens with zero attached hydrogens (tertiary/aromatic N) is 3. The second-order valence-electron chi connectivity index (χ2n) is 7.68. The zero-order chi connectivity index (χ0) is 21.5. The zero-order valence-corrected chi connectivity index (χ0v) is 16.0. The van der Waals surface area contributed by atoms with E-state index < -0.39 is 35.8 Å². The first-order valence-electron chi connectivity index (χ1n) is 9.70. The monoisotopic (exact) mass is 428 g/mol. The number of benzene rings is 1. The Balaban J connectivity index is 1.50. The average Bonchev–Trinajstić information content (AvgIpc) is 2.90. The van der Waals surface area contributed by atoms with Crippen molar-refractivity contribution in [3.8, 4) is 0 Å². The third-order valence-corrected chi connectivity index (χ3v) is 5.69. The SMILES string of the molecule is N[C@H]1CC(N2CCc3cnc(C(F)(F)F)nc3C2)CCO[C@@H]1c1cc(F)ccc1F. The Labute approximate surface area is 170 Å². The molecule has 0 radical (unpaired) electrons. The van der Waals surface area contributed by atoms with Crippen LogP contribution >= 0.6 is 0 Å². The van der Waals surface area contributed by atoms with Crippen molar-refractivity contribution in [1.82, 2.24) is 14.9 Å². The Morgan fingerprint density at radius 1 is 1.20 bits per heavy atom. The maximum atomic E-state index is 14.2. The van der Waals surface area contributed by atoms with Gasteiger partial charge in [0.05, 0.1) is 5.69 Å². The Hall–Kier alpha value is -2.17. The van der Waals surface area contributed by atoms with Gasteiger partial charge in [-0.25, -0.2) is 18.7 Å². The molecule has 30 heavy (non-hydrogen) atoms. The molecule has 4 rings (SSSR count). The van der Waals surface area contributed by atoms with E-state index in [-0.39, 0.29) is 24.8 Å². The number of fused-ring (bicyclic) bond motifs is 1. The van der Waals surface area contributed by atoms with Crippen LogP contribution in [0.1, 0.15) is 41.6 Å². The minimum absolute atomic E-state index is 0.0703. The van der Waals surface area contributed by atoms with Gasteiger partial charge in [-0.1, -0.05) is 0 Å². The smallest absolute Gasteiger partial charge is 0.372 e. The molecule has 3 heterocycles. The van der Waals surface area contributed by atoms with Crippen molar-refractivity contribution in [1.29, 1.82) is 0 Å². The van der Waals surface area contributed by atoms with Crippen LogP contribution in [0.25, 0.3) is 0 Å². The van der Waals surface area contributed by atoms with Crippen molar-refractivity contribution in [3.63, 3.8) is 0 Å².